The Kier molecular flexibility index (Phi) is 5.75. The van der Waals surface area contributed by atoms with Crippen LogP contribution < -0.4 is 0 Å². The van der Waals surface area contributed by atoms with Crippen LogP contribution in [0.4, 0.5) is 0 Å². The molecule has 1 aliphatic carbocycles. The molecule has 0 saturated heterocycles. The molecular weight excluding hydrogens is 585 g/mol. The molecular formula is C44H28N4. The maximum Gasteiger partial charge on any atom is 0.235 e. The van der Waals surface area contributed by atoms with Crippen molar-refractivity contribution in [2.24, 2.45) is 0 Å². The van der Waals surface area contributed by atoms with Crippen LogP contribution in [0.25, 0.3) is 61.0 Å². The number of aromatic nitrogens is 4. The molecule has 0 amide bonds. The fourth-order valence-electron chi connectivity index (χ4n) is 8.07. The van der Waals surface area contributed by atoms with E-state index in [4.69, 9.17) is 15.0 Å². The third-order valence-electron chi connectivity index (χ3n) is 9.97. The average Bonchev–Trinajstić information content (AvgIpc) is 3.66. The van der Waals surface area contributed by atoms with Gasteiger partial charge in [-0.2, -0.15) is 0 Å². The molecule has 0 saturated carbocycles. The van der Waals surface area contributed by atoms with Crippen LogP contribution in [0.1, 0.15) is 22.3 Å². The third-order valence-corrected chi connectivity index (χ3v) is 9.97. The molecule has 0 bridgehead atoms. The number of hydrogen-bond acceptors (Lipinski definition) is 3. The second-order valence-corrected chi connectivity index (χ2v) is 12.4. The average molecular weight is 613 g/mol. The molecule has 10 rings (SSSR count). The number of benzene rings is 6. The first-order valence-electron chi connectivity index (χ1n) is 16.3. The SMILES string of the molecule is c1ccc(-c2nc(-n3c4ccccc4c4ccc5c(c43)C(c3ccccc3)(c3cccnc3)c3ccccc3-5)nc3ccccc23)cc1. The highest BCUT2D eigenvalue weighted by Gasteiger charge is 2.48. The number of para-hydroxylation sites is 2. The number of hydrogen-bond donors (Lipinski definition) is 0. The largest absolute Gasteiger partial charge is 0.278 e. The summed E-state index contributed by atoms with van der Waals surface area (Å²) in [6.07, 6.45) is 3.89. The van der Waals surface area contributed by atoms with Crippen molar-refractivity contribution in [2.75, 3.05) is 0 Å². The first kappa shape index (κ1) is 26.8. The molecule has 0 spiro atoms. The molecule has 0 aliphatic heterocycles. The summed E-state index contributed by atoms with van der Waals surface area (Å²) in [4.78, 5) is 15.4. The van der Waals surface area contributed by atoms with Gasteiger partial charge in [-0.3, -0.25) is 9.55 Å². The van der Waals surface area contributed by atoms with Gasteiger partial charge in [-0.25, -0.2) is 9.97 Å². The monoisotopic (exact) mass is 612 g/mol. The van der Waals surface area contributed by atoms with Crippen molar-refractivity contribution in [3.8, 4) is 28.3 Å². The van der Waals surface area contributed by atoms with Crippen molar-refractivity contribution < 1.29 is 0 Å². The van der Waals surface area contributed by atoms with E-state index in [9.17, 15) is 0 Å². The highest BCUT2D eigenvalue weighted by molar-refractivity contribution is 6.13. The lowest BCUT2D eigenvalue weighted by Gasteiger charge is -2.34. The predicted octanol–water partition coefficient (Wildman–Crippen LogP) is 10.2. The lowest BCUT2D eigenvalue weighted by Crippen LogP contribution is -2.29. The first-order chi connectivity index (χ1) is 23.8. The van der Waals surface area contributed by atoms with Gasteiger partial charge in [-0.1, -0.05) is 140 Å². The highest BCUT2D eigenvalue weighted by atomic mass is 15.2. The van der Waals surface area contributed by atoms with E-state index in [1.807, 2.05) is 18.5 Å². The van der Waals surface area contributed by atoms with Crippen LogP contribution >= 0.6 is 0 Å². The zero-order valence-electron chi connectivity index (χ0n) is 26.0. The van der Waals surface area contributed by atoms with Crippen molar-refractivity contribution in [2.45, 2.75) is 5.41 Å². The van der Waals surface area contributed by atoms with Crippen LogP contribution in [0.5, 0.6) is 0 Å². The Morgan fingerprint density at radius 1 is 0.500 bits per heavy atom. The number of nitrogens with zero attached hydrogens (tertiary/aromatic N) is 4. The summed E-state index contributed by atoms with van der Waals surface area (Å²) in [5.41, 5.74) is 11.6. The van der Waals surface area contributed by atoms with Crippen LogP contribution in [0.3, 0.4) is 0 Å². The van der Waals surface area contributed by atoms with Gasteiger partial charge >= 0.3 is 0 Å². The van der Waals surface area contributed by atoms with Crippen molar-refractivity contribution in [3.63, 3.8) is 0 Å². The fourth-order valence-corrected chi connectivity index (χ4v) is 8.07. The molecule has 224 valence electrons. The van der Waals surface area contributed by atoms with E-state index in [2.05, 4.69) is 156 Å². The van der Waals surface area contributed by atoms with Gasteiger partial charge in [-0.15, -0.1) is 0 Å². The molecule has 1 atom stereocenters. The Morgan fingerprint density at radius 3 is 2.04 bits per heavy atom. The Labute approximate surface area is 277 Å². The van der Waals surface area contributed by atoms with Crippen molar-refractivity contribution in [3.05, 3.63) is 192 Å². The molecule has 9 aromatic rings. The minimum atomic E-state index is -0.633. The van der Waals surface area contributed by atoms with Crippen LogP contribution in [-0.2, 0) is 5.41 Å². The van der Waals surface area contributed by atoms with Gasteiger partial charge in [0.1, 0.15) is 0 Å². The summed E-state index contributed by atoms with van der Waals surface area (Å²) in [6, 6.07) is 56.0. The first-order valence-corrected chi connectivity index (χ1v) is 16.3. The van der Waals surface area contributed by atoms with Crippen molar-refractivity contribution in [1.29, 1.82) is 0 Å². The molecule has 48 heavy (non-hydrogen) atoms. The van der Waals surface area contributed by atoms with Gasteiger partial charge < -0.3 is 0 Å². The van der Waals surface area contributed by atoms with Gasteiger partial charge in [0, 0.05) is 39.7 Å². The van der Waals surface area contributed by atoms with Crippen LogP contribution in [0.2, 0.25) is 0 Å². The summed E-state index contributed by atoms with van der Waals surface area (Å²) in [7, 11) is 0. The molecule has 4 heteroatoms. The van der Waals surface area contributed by atoms with E-state index < -0.39 is 5.41 Å². The van der Waals surface area contributed by atoms with Crippen molar-refractivity contribution in [1.82, 2.24) is 19.5 Å². The molecule has 0 radical (unpaired) electrons. The molecule has 1 aliphatic rings. The number of fused-ring (bicyclic) bond motifs is 8. The van der Waals surface area contributed by atoms with Gasteiger partial charge in [0.25, 0.3) is 0 Å². The van der Waals surface area contributed by atoms with Crippen molar-refractivity contribution >= 4 is 32.7 Å². The maximum absolute atomic E-state index is 5.42. The van der Waals surface area contributed by atoms with Gasteiger partial charge in [0.15, 0.2) is 0 Å². The molecule has 6 aromatic carbocycles. The van der Waals surface area contributed by atoms with Gasteiger partial charge in [-0.05, 0) is 46.0 Å². The fraction of sp³-hybridized carbons (Fsp3) is 0.0227. The molecule has 3 heterocycles. The summed E-state index contributed by atoms with van der Waals surface area (Å²) < 4.78 is 2.31. The van der Waals surface area contributed by atoms with E-state index in [-0.39, 0.29) is 0 Å². The number of rotatable bonds is 4. The maximum atomic E-state index is 5.42. The minimum Gasteiger partial charge on any atom is -0.278 e. The normalized spacial score (nSPS) is 15.2. The van der Waals surface area contributed by atoms with Gasteiger partial charge in [0.05, 0.1) is 27.7 Å². The predicted molar refractivity (Wildman–Crippen MR) is 194 cm³/mol. The van der Waals surface area contributed by atoms with Crippen LogP contribution in [-0.4, -0.2) is 19.5 Å². The zero-order chi connectivity index (χ0) is 31.7. The standard InChI is InChI=1S/C44H28N4/c1-3-14-29(15-4-1)41-36-21-8-11-23-38(36)46-43(47-41)48-39-24-12-9-20-33(39)35-26-25-34-32-19-7-10-22-37(32)44(40(34)42(35)48,30-16-5-2-6-17-30)31-18-13-27-45-28-31/h1-28H. The topological polar surface area (TPSA) is 43.6 Å². The Hall–Kier alpha value is -6.39. The van der Waals surface area contributed by atoms with Crippen LogP contribution in [0.15, 0.2) is 170 Å². The smallest absolute Gasteiger partial charge is 0.235 e. The molecule has 0 fully saturated rings. The molecule has 4 nitrogen and oxygen atoms in total. The summed E-state index contributed by atoms with van der Waals surface area (Å²) >= 11 is 0. The summed E-state index contributed by atoms with van der Waals surface area (Å²) in [6.45, 7) is 0. The molecule has 0 N–H and O–H groups in total. The quantitative estimate of drug-likeness (QED) is 0.199. The van der Waals surface area contributed by atoms with E-state index in [0.29, 0.717) is 5.95 Å². The lowest BCUT2D eigenvalue weighted by molar-refractivity contribution is 0.765. The Bertz CT molecular complexity index is 2620. The highest BCUT2D eigenvalue weighted by Crippen LogP contribution is 2.58. The van der Waals surface area contributed by atoms with Crippen LogP contribution in [0, 0.1) is 0 Å². The zero-order valence-corrected chi connectivity index (χ0v) is 26.0. The summed E-state index contributed by atoms with van der Waals surface area (Å²) in [5.74, 6) is 0.649. The van der Waals surface area contributed by atoms with E-state index in [1.165, 1.54) is 33.2 Å². The Morgan fingerprint density at radius 2 is 1.21 bits per heavy atom. The van der Waals surface area contributed by atoms with E-state index in [1.54, 1.807) is 0 Å². The Balaban J connectivity index is 1.43. The lowest BCUT2D eigenvalue weighted by atomic mass is 9.67. The van der Waals surface area contributed by atoms with Gasteiger partial charge in [0.2, 0.25) is 5.95 Å². The third kappa shape index (κ3) is 3.63. The van der Waals surface area contributed by atoms with E-state index in [0.717, 1.165) is 44.1 Å². The molecule has 1 unspecified atom stereocenters. The molecule has 3 aromatic heterocycles. The minimum absolute atomic E-state index is 0.633. The number of pyridine rings is 1. The summed E-state index contributed by atoms with van der Waals surface area (Å²) in [5, 5.41) is 3.36. The second-order valence-electron chi connectivity index (χ2n) is 12.4. The van der Waals surface area contributed by atoms with E-state index >= 15 is 0 Å². The second kappa shape index (κ2) is 10.3.